The molecule has 20 heavy (non-hydrogen) atoms. The van der Waals surface area contributed by atoms with Gasteiger partial charge in [-0.25, -0.2) is 9.78 Å². The Bertz CT molecular complexity index is 488. The summed E-state index contributed by atoms with van der Waals surface area (Å²) in [6.45, 7) is 5.42. The molecule has 0 radical (unpaired) electrons. The van der Waals surface area contributed by atoms with Crippen molar-refractivity contribution in [3.05, 3.63) is 23.5 Å². The van der Waals surface area contributed by atoms with Crippen molar-refractivity contribution >= 4 is 11.9 Å². The average Bonchev–Trinajstić information content (AvgIpc) is 2.37. The van der Waals surface area contributed by atoms with E-state index in [2.05, 4.69) is 10.3 Å². The molecule has 1 aromatic rings. The fourth-order valence-corrected chi connectivity index (χ4v) is 1.78. The van der Waals surface area contributed by atoms with E-state index in [4.69, 9.17) is 9.84 Å². The Kier molecular flexibility index (Phi) is 5.96. The van der Waals surface area contributed by atoms with E-state index >= 15 is 0 Å². The molecule has 110 valence electrons. The maximum atomic E-state index is 11.6. The zero-order valence-corrected chi connectivity index (χ0v) is 12.0. The maximum absolute atomic E-state index is 11.6. The Labute approximate surface area is 118 Å². The number of nitrogens with zero attached hydrogens (tertiary/aromatic N) is 1. The minimum Gasteiger partial charge on any atom is -0.481 e. The predicted molar refractivity (Wildman–Crippen MR) is 73.9 cm³/mol. The van der Waals surface area contributed by atoms with Crippen molar-refractivity contribution < 1.29 is 19.4 Å². The Balaban J connectivity index is 2.61. The van der Waals surface area contributed by atoms with Crippen molar-refractivity contribution in [3.8, 4) is 5.75 Å². The van der Waals surface area contributed by atoms with Crippen LogP contribution in [0.4, 0.5) is 0 Å². The van der Waals surface area contributed by atoms with Crippen molar-refractivity contribution in [2.45, 2.75) is 39.7 Å². The van der Waals surface area contributed by atoms with Crippen LogP contribution in [0.1, 0.15) is 42.9 Å². The molecule has 0 fully saturated rings. The van der Waals surface area contributed by atoms with Crippen molar-refractivity contribution in [3.63, 3.8) is 0 Å². The normalized spacial score (nSPS) is 11.8. The summed E-state index contributed by atoms with van der Waals surface area (Å²) in [6, 6.07) is 3.22. The number of carboxylic acids is 1. The molecule has 1 amide bonds. The predicted octanol–water partition coefficient (Wildman–Crippen LogP) is 1.77. The number of aromatic nitrogens is 1. The number of amides is 1. The van der Waals surface area contributed by atoms with Gasteiger partial charge in [-0.15, -0.1) is 0 Å². The zero-order chi connectivity index (χ0) is 15.1. The summed E-state index contributed by atoms with van der Waals surface area (Å²) < 4.78 is 5.24. The lowest BCUT2D eigenvalue weighted by atomic mass is 10.2. The number of hydrogen-bond acceptors (Lipinski definition) is 4. The molecule has 1 atom stereocenters. The zero-order valence-electron chi connectivity index (χ0n) is 12.0. The van der Waals surface area contributed by atoms with Crippen LogP contribution in [0, 0.1) is 6.92 Å². The lowest BCUT2D eigenvalue weighted by Crippen LogP contribution is -2.36. The van der Waals surface area contributed by atoms with Crippen molar-refractivity contribution in [2.24, 2.45) is 0 Å². The standard InChI is InChI=1S/C14H20N2O4/c1-4-5-9(2)15-12(17)8-20-11-7-6-10(3)16-13(11)14(18)19/h6-7,9H,4-5,8H2,1-3H3,(H,15,17)(H,18,19). The molecule has 1 rings (SSSR count). The van der Waals surface area contributed by atoms with E-state index in [0.29, 0.717) is 5.69 Å². The number of aromatic carboxylic acids is 1. The first-order valence-corrected chi connectivity index (χ1v) is 6.57. The van der Waals surface area contributed by atoms with E-state index < -0.39 is 5.97 Å². The van der Waals surface area contributed by atoms with Gasteiger partial charge in [0.05, 0.1) is 0 Å². The number of pyridine rings is 1. The molecule has 6 nitrogen and oxygen atoms in total. The van der Waals surface area contributed by atoms with Crippen LogP contribution in [0.25, 0.3) is 0 Å². The summed E-state index contributed by atoms with van der Waals surface area (Å²) in [5, 5.41) is 11.8. The molecule has 1 unspecified atom stereocenters. The highest BCUT2D eigenvalue weighted by molar-refractivity contribution is 5.88. The number of nitrogens with one attached hydrogen (secondary N) is 1. The van der Waals surface area contributed by atoms with Crippen LogP contribution in [-0.4, -0.2) is 34.6 Å². The van der Waals surface area contributed by atoms with Crippen LogP contribution in [0.3, 0.4) is 0 Å². The molecule has 0 aromatic carbocycles. The molecular weight excluding hydrogens is 260 g/mol. The molecule has 0 aliphatic rings. The molecule has 0 aliphatic heterocycles. The Morgan fingerprint density at radius 2 is 2.15 bits per heavy atom. The third-order valence-electron chi connectivity index (χ3n) is 2.69. The second kappa shape index (κ2) is 7.47. The highest BCUT2D eigenvalue weighted by Gasteiger charge is 2.15. The third kappa shape index (κ3) is 4.87. The quantitative estimate of drug-likeness (QED) is 0.794. The van der Waals surface area contributed by atoms with Gasteiger partial charge in [-0.2, -0.15) is 0 Å². The molecular formula is C14H20N2O4. The molecule has 0 spiro atoms. The van der Waals surface area contributed by atoms with Crippen LogP contribution in [0.5, 0.6) is 5.75 Å². The number of carboxylic acid groups (broad SMARTS) is 1. The number of carbonyl (C=O) groups is 2. The smallest absolute Gasteiger partial charge is 0.358 e. The van der Waals surface area contributed by atoms with Gasteiger partial charge in [-0.1, -0.05) is 13.3 Å². The molecule has 1 heterocycles. The largest absolute Gasteiger partial charge is 0.481 e. The second-order valence-corrected chi connectivity index (χ2v) is 4.65. The van der Waals surface area contributed by atoms with Gasteiger partial charge < -0.3 is 15.2 Å². The summed E-state index contributed by atoms with van der Waals surface area (Å²) in [7, 11) is 0. The van der Waals surface area contributed by atoms with E-state index in [1.165, 1.54) is 6.07 Å². The van der Waals surface area contributed by atoms with Gasteiger partial charge in [-0.05, 0) is 32.4 Å². The van der Waals surface area contributed by atoms with Crippen molar-refractivity contribution in [2.75, 3.05) is 6.61 Å². The highest BCUT2D eigenvalue weighted by atomic mass is 16.5. The Morgan fingerprint density at radius 1 is 1.45 bits per heavy atom. The summed E-state index contributed by atoms with van der Waals surface area (Å²) in [5.74, 6) is -1.35. The third-order valence-corrected chi connectivity index (χ3v) is 2.69. The first kappa shape index (κ1) is 15.9. The van der Waals surface area contributed by atoms with Gasteiger partial charge in [0.25, 0.3) is 5.91 Å². The van der Waals surface area contributed by atoms with E-state index in [1.807, 2.05) is 13.8 Å². The summed E-state index contributed by atoms with van der Waals surface area (Å²) in [5.41, 5.74) is 0.398. The van der Waals surface area contributed by atoms with Crippen LogP contribution >= 0.6 is 0 Å². The van der Waals surface area contributed by atoms with E-state index in [9.17, 15) is 9.59 Å². The fraction of sp³-hybridized carbons (Fsp3) is 0.500. The summed E-state index contributed by atoms with van der Waals surface area (Å²) in [6.07, 6.45) is 1.87. The van der Waals surface area contributed by atoms with Crippen molar-refractivity contribution in [1.82, 2.24) is 10.3 Å². The van der Waals surface area contributed by atoms with Gasteiger partial charge in [0.2, 0.25) is 0 Å². The maximum Gasteiger partial charge on any atom is 0.358 e. The van der Waals surface area contributed by atoms with Crippen LogP contribution in [0.15, 0.2) is 12.1 Å². The SMILES string of the molecule is CCCC(C)NC(=O)COc1ccc(C)nc1C(=O)O. The molecule has 6 heteroatoms. The number of hydrogen-bond donors (Lipinski definition) is 2. The fourth-order valence-electron chi connectivity index (χ4n) is 1.78. The average molecular weight is 280 g/mol. The Hall–Kier alpha value is -2.11. The number of aryl methyl sites for hydroxylation is 1. The first-order valence-electron chi connectivity index (χ1n) is 6.57. The second-order valence-electron chi connectivity index (χ2n) is 4.65. The van der Waals surface area contributed by atoms with Crippen LogP contribution in [-0.2, 0) is 4.79 Å². The molecule has 0 saturated carbocycles. The summed E-state index contributed by atoms with van der Waals surface area (Å²) >= 11 is 0. The number of carbonyl (C=O) groups excluding carboxylic acids is 1. The lowest BCUT2D eigenvalue weighted by molar-refractivity contribution is -0.123. The lowest BCUT2D eigenvalue weighted by Gasteiger charge is -2.13. The summed E-state index contributed by atoms with van der Waals surface area (Å²) in [4.78, 5) is 26.6. The van der Waals surface area contributed by atoms with Crippen LogP contribution in [0.2, 0.25) is 0 Å². The highest BCUT2D eigenvalue weighted by Crippen LogP contribution is 2.16. The molecule has 2 N–H and O–H groups in total. The first-order chi connectivity index (χ1) is 9.43. The minimum atomic E-state index is -1.18. The molecule has 0 aliphatic carbocycles. The Morgan fingerprint density at radius 3 is 2.75 bits per heavy atom. The van der Waals surface area contributed by atoms with E-state index in [1.54, 1.807) is 13.0 Å². The van der Waals surface area contributed by atoms with Gasteiger partial charge in [-0.3, -0.25) is 4.79 Å². The van der Waals surface area contributed by atoms with Crippen LogP contribution < -0.4 is 10.1 Å². The van der Waals surface area contributed by atoms with E-state index in [0.717, 1.165) is 12.8 Å². The van der Waals surface area contributed by atoms with Gasteiger partial charge >= 0.3 is 5.97 Å². The molecule has 0 saturated heterocycles. The number of ether oxygens (including phenoxy) is 1. The molecule has 1 aromatic heterocycles. The number of rotatable bonds is 7. The molecule has 0 bridgehead atoms. The van der Waals surface area contributed by atoms with Gasteiger partial charge in [0.1, 0.15) is 0 Å². The topological polar surface area (TPSA) is 88.5 Å². The van der Waals surface area contributed by atoms with Crippen molar-refractivity contribution in [1.29, 1.82) is 0 Å². The minimum absolute atomic E-state index is 0.0752. The monoisotopic (exact) mass is 280 g/mol. The van der Waals surface area contributed by atoms with E-state index in [-0.39, 0.29) is 30.0 Å². The van der Waals surface area contributed by atoms with Gasteiger partial charge in [0.15, 0.2) is 18.1 Å². The van der Waals surface area contributed by atoms with Gasteiger partial charge in [0, 0.05) is 11.7 Å².